The van der Waals surface area contributed by atoms with Crippen LogP contribution < -0.4 is 0 Å². The summed E-state index contributed by atoms with van der Waals surface area (Å²) in [5.41, 5.74) is 0. The van der Waals surface area contributed by atoms with Gasteiger partial charge in [-0.15, -0.1) is 0 Å². The smallest absolute Gasteiger partial charge is 0.210 e. The minimum Gasteiger partial charge on any atom is -0.420 e. The monoisotopic (exact) mass is 174 g/mol. The fraction of sp³-hybridized carbons (Fsp3) is 1.00. The van der Waals surface area contributed by atoms with Crippen molar-refractivity contribution in [1.82, 2.24) is 4.90 Å². The molecule has 0 aromatic heterocycles. The first kappa shape index (κ1) is 11.1. The van der Waals surface area contributed by atoms with Gasteiger partial charge >= 0.3 is 0 Å². The van der Waals surface area contributed by atoms with E-state index in [0.29, 0.717) is 0 Å². The largest absolute Gasteiger partial charge is 0.420 e. The first-order chi connectivity index (χ1) is 5.20. The second-order valence-electron chi connectivity index (χ2n) is 3.00. The summed E-state index contributed by atoms with van der Waals surface area (Å²) >= 11 is 0. The maximum Gasteiger partial charge on any atom is 0.210 e. The van der Waals surface area contributed by atoms with Crippen molar-refractivity contribution < 1.29 is 4.43 Å². The van der Waals surface area contributed by atoms with Crippen LogP contribution >= 0.6 is 0 Å². The summed E-state index contributed by atoms with van der Waals surface area (Å²) in [5, 5.41) is 0. The normalized spacial score (nSPS) is 11.5. The third-order valence-corrected chi connectivity index (χ3v) is 4.02. The van der Waals surface area contributed by atoms with Gasteiger partial charge in [0.15, 0.2) is 0 Å². The highest BCUT2D eigenvalue weighted by Crippen LogP contribution is 2.03. The van der Waals surface area contributed by atoms with Crippen LogP contribution in [0, 0.1) is 0 Å². The molecular weight excluding hydrogens is 154 g/mol. The van der Waals surface area contributed by atoms with Gasteiger partial charge in [0.05, 0.1) is 0 Å². The predicted molar refractivity (Wildman–Crippen MR) is 51.2 cm³/mol. The van der Waals surface area contributed by atoms with E-state index in [9.17, 15) is 0 Å². The Morgan fingerprint density at radius 1 is 1.36 bits per heavy atom. The molecule has 0 aromatic carbocycles. The molecule has 0 unspecified atom stereocenters. The van der Waals surface area contributed by atoms with E-state index in [2.05, 4.69) is 25.9 Å². The van der Waals surface area contributed by atoms with Crippen molar-refractivity contribution in [2.24, 2.45) is 0 Å². The van der Waals surface area contributed by atoms with Crippen LogP contribution in [0.15, 0.2) is 0 Å². The average Bonchev–Trinajstić information content (AvgIpc) is 1.98. The molecule has 0 fully saturated rings. The molecule has 0 heterocycles. The zero-order valence-electron chi connectivity index (χ0n) is 8.18. The Kier molecular flexibility index (Phi) is 6.91. The minimum atomic E-state index is -0.446. The summed E-state index contributed by atoms with van der Waals surface area (Å²) in [4.78, 5) is 2.23. The SMILES string of the molecule is CC[Si](CCCN(C)C)OC. The summed E-state index contributed by atoms with van der Waals surface area (Å²) in [6, 6.07) is 2.52. The molecule has 11 heavy (non-hydrogen) atoms. The van der Waals surface area contributed by atoms with Crippen LogP contribution in [0.3, 0.4) is 0 Å². The third kappa shape index (κ3) is 6.53. The molecule has 0 N–H and O–H groups in total. The standard InChI is InChI=1S/C8H20NOSi/c1-5-11(10-4)8-6-7-9(2)3/h5-8H2,1-4H3. The van der Waals surface area contributed by atoms with Crippen molar-refractivity contribution in [3.63, 3.8) is 0 Å². The minimum absolute atomic E-state index is 0.446. The lowest BCUT2D eigenvalue weighted by Crippen LogP contribution is -2.18. The Hall–Kier alpha value is 0.137. The van der Waals surface area contributed by atoms with Crippen molar-refractivity contribution in [3.05, 3.63) is 0 Å². The summed E-state index contributed by atoms with van der Waals surface area (Å²) in [6.45, 7) is 3.41. The first-order valence-corrected chi connectivity index (χ1v) is 6.06. The molecule has 0 rings (SSSR count). The quantitative estimate of drug-likeness (QED) is 0.567. The van der Waals surface area contributed by atoms with Crippen LogP contribution in [0.25, 0.3) is 0 Å². The highest BCUT2D eigenvalue weighted by molar-refractivity contribution is 6.51. The molecule has 0 aliphatic heterocycles. The van der Waals surface area contributed by atoms with Gasteiger partial charge in [0.1, 0.15) is 0 Å². The molecule has 0 aliphatic rings. The van der Waals surface area contributed by atoms with Gasteiger partial charge in [0, 0.05) is 7.11 Å². The van der Waals surface area contributed by atoms with Gasteiger partial charge in [0.25, 0.3) is 0 Å². The zero-order valence-corrected chi connectivity index (χ0v) is 9.18. The molecule has 0 atom stereocenters. The molecule has 0 aromatic rings. The maximum absolute atomic E-state index is 5.36. The lowest BCUT2D eigenvalue weighted by Gasteiger charge is -2.12. The van der Waals surface area contributed by atoms with Gasteiger partial charge in [0.2, 0.25) is 9.04 Å². The second kappa shape index (κ2) is 6.82. The van der Waals surface area contributed by atoms with E-state index < -0.39 is 9.04 Å². The van der Waals surface area contributed by atoms with E-state index in [4.69, 9.17) is 4.43 Å². The average molecular weight is 174 g/mol. The molecular formula is C8H20NOSi. The molecule has 0 saturated carbocycles. The Morgan fingerprint density at radius 2 is 2.00 bits per heavy atom. The fourth-order valence-electron chi connectivity index (χ4n) is 1.02. The summed E-state index contributed by atoms with van der Waals surface area (Å²) in [5.74, 6) is 0. The lowest BCUT2D eigenvalue weighted by atomic mass is 10.5. The molecule has 0 amide bonds. The van der Waals surface area contributed by atoms with Crippen molar-refractivity contribution in [3.8, 4) is 0 Å². The van der Waals surface area contributed by atoms with E-state index in [0.717, 1.165) is 0 Å². The number of hydrogen-bond donors (Lipinski definition) is 0. The molecule has 0 saturated heterocycles. The Balaban J connectivity index is 3.21. The second-order valence-corrected chi connectivity index (χ2v) is 5.70. The van der Waals surface area contributed by atoms with E-state index in [1.54, 1.807) is 0 Å². The number of hydrogen-bond acceptors (Lipinski definition) is 2. The molecule has 67 valence electrons. The molecule has 0 bridgehead atoms. The van der Waals surface area contributed by atoms with Gasteiger partial charge < -0.3 is 9.33 Å². The molecule has 1 radical (unpaired) electrons. The van der Waals surface area contributed by atoms with E-state index in [-0.39, 0.29) is 0 Å². The van der Waals surface area contributed by atoms with Gasteiger partial charge in [-0.25, -0.2) is 0 Å². The van der Waals surface area contributed by atoms with Crippen LogP contribution in [-0.2, 0) is 4.43 Å². The molecule has 3 heteroatoms. The predicted octanol–water partition coefficient (Wildman–Crippen LogP) is 1.60. The van der Waals surface area contributed by atoms with Gasteiger partial charge in [-0.05, 0) is 39.1 Å². The van der Waals surface area contributed by atoms with Gasteiger partial charge in [-0.3, -0.25) is 0 Å². The Bertz CT molecular complexity index is 84.2. The van der Waals surface area contributed by atoms with Crippen LogP contribution in [0.4, 0.5) is 0 Å². The summed E-state index contributed by atoms with van der Waals surface area (Å²) < 4.78 is 5.36. The third-order valence-electron chi connectivity index (χ3n) is 1.74. The molecule has 2 nitrogen and oxygen atoms in total. The Morgan fingerprint density at radius 3 is 2.36 bits per heavy atom. The summed E-state index contributed by atoms with van der Waals surface area (Å²) in [7, 11) is 5.63. The van der Waals surface area contributed by atoms with E-state index >= 15 is 0 Å². The topological polar surface area (TPSA) is 12.5 Å². The van der Waals surface area contributed by atoms with E-state index in [1.165, 1.54) is 25.1 Å². The maximum atomic E-state index is 5.36. The zero-order chi connectivity index (χ0) is 8.69. The van der Waals surface area contributed by atoms with Crippen molar-refractivity contribution in [2.45, 2.75) is 25.4 Å². The van der Waals surface area contributed by atoms with Gasteiger partial charge in [-0.1, -0.05) is 6.92 Å². The van der Waals surface area contributed by atoms with Crippen molar-refractivity contribution in [2.75, 3.05) is 27.7 Å². The number of nitrogens with zero attached hydrogens (tertiary/aromatic N) is 1. The fourth-order valence-corrected chi connectivity index (χ4v) is 2.41. The lowest BCUT2D eigenvalue weighted by molar-refractivity contribution is 0.390. The van der Waals surface area contributed by atoms with Crippen molar-refractivity contribution in [1.29, 1.82) is 0 Å². The van der Waals surface area contributed by atoms with Crippen molar-refractivity contribution >= 4 is 9.04 Å². The van der Waals surface area contributed by atoms with Crippen LogP contribution in [0.2, 0.25) is 12.1 Å². The highest BCUT2D eigenvalue weighted by atomic mass is 28.3. The first-order valence-electron chi connectivity index (χ1n) is 4.24. The molecule has 0 aliphatic carbocycles. The van der Waals surface area contributed by atoms with E-state index in [1.807, 2.05) is 7.11 Å². The van der Waals surface area contributed by atoms with Gasteiger partial charge in [-0.2, -0.15) is 0 Å². The van der Waals surface area contributed by atoms with Crippen LogP contribution in [0.1, 0.15) is 13.3 Å². The van der Waals surface area contributed by atoms with Crippen LogP contribution in [0.5, 0.6) is 0 Å². The summed E-state index contributed by atoms with van der Waals surface area (Å²) in [6.07, 6.45) is 1.28. The highest BCUT2D eigenvalue weighted by Gasteiger charge is 2.07. The number of rotatable bonds is 6. The Labute approximate surface area is 72.3 Å². The molecule has 0 spiro atoms. The van der Waals surface area contributed by atoms with Crippen LogP contribution in [-0.4, -0.2) is 41.7 Å².